The second kappa shape index (κ2) is 11.4. The van der Waals surface area contributed by atoms with Gasteiger partial charge >= 0.3 is 11.9 Å². The molecule has 4 aromatic carbocycles. The quantitative estimate of drug-likeness (QED) is 0.142. The van der Waals surface area contributed by atoms with Gasteiger partial charge in [0.25, 0.3) is 0 Å². The highest BCUT2D eigenvalue weighted by Crippen LogP contribution is 2.29. The molecule has 4 aromatic rings. The average Bonchev–Trinajstić information content (AvgIpc) is 2.90. The minimum Gasteiger partial charge on any atom is -0.457 e. The molecule has 0 aliphatic rings. The van der Waals surface area contributed by atoms with Gasteiger partial charge in [0.05, 0.1) is 5.92 Å². The highest BCUT2D eigenvalue weighted by Gasteiger charge is 2.10. The predicted molar refractivity (Wildman–Crippen MR) is 145 cm³/mol. The largest absolute Gasteiger partial charge is 0.457 e. The van der Waals surface area contributed by atoms with E-state index in [0.717, 1.165) is 33.8 Å². The molecule has 0 atom stereocenters. The number of benzene rings is 4. The summed E-state index contributed by atoms with van der Waals surface area (Å²) in [6, 6.07) is 30.3. The van der Waals surface area contributed by atoms with Gasteiger partial charge in [-0.2, -0.15) is 0 Å². The number of ether oxygens (including phenoxy) is 3. The maximum atomic E-state index is 11.8. The van der Waals surface area contributed by atoms with Crippen molar-refractivity contribution in [3.63, 3.8) is 0 Å². The zero-order valence-corrected chi connectivity index (χ0v) is 21.1. The van der Waals surface area contributed by atoms with Crippen LogP contribution in [0.1, 0.15) is 20.8 Å². The fraction of sp³-hybridized carbons (Fsp3) is 0.125. The predicted octanol–water partition coefficient (Wildman–Crippen LogP) is 7.86. The van der Waals surface area contributed by atoms with Crippen molar-refractivity contribution in [1.29, 1.82) is 0 Å². The summed E-state index contributed by atoms with van der Waals surface area (Å²) in [5.74, 6) is 1.60. The van der Waals surface area contributed by atoms with Gasteiger partial charge in [0, 0.05) is 5.57 Å². The highest BCUT2D eigenvalue weighted by molar-refractivity contribution is 5.88. The van der Waals surface area contributed by atoms with Crippen molar-refractivity contribution in [3.8, 4) is 45.3 Å². The van der Waals surface area contributed by atoms with E-state index >= 15 is 0 Å². The van der Waals surface area contributed by atoms with E-state index in [1.54, 1.807) is 45.0 Å². The van der Waals surface area contributed by atoms with Gasteiger partial charge < -0.3 is 14.2 Å². The molecule has 37 heavy (non-hydrogen) atoms. The maximum Gasteiger partial charge on any atom is 0.338 e. The lowest BCUT2D eigenvalue weighted by molar-refractivity contribution is -0.137. The van der Waals surface area contributed by atoms with Gasteiger partial charge in [0.2, 0.25) is 0 Å². The first-order chi connectivity index (χ1) is 17.8. The molecule has 186 valence electrons. The van der Waals surface area contributed by atoms with Crippen LogP contribution in [-0.2, 0) is 9.59 Å². The molecule has 0 amide bonds. The summed E-state index contributed by atoms with van der Waals surface area (Å²) in [4.78, 5) is 23.4. The summed E-state index contributed by atoms with van der Waals surface area (Å²) >= 11 is 0. The lowest BCUT2D eigenvalue weighted by Crippen LogP contribution is -2.14. The number of rotatable bonds is 8. The van der Waals surface area contributed by atoms with Gasteiger partial charge in [-0.3, -0.25) is 4.79 Å². The van der Waals surface area contributed by atoms with Crippen LogP contribution in [0.3, 0.4) is 0 Å². The Bertz CT molecular complexity index is 1380. The van der Waals surface area contributed by atoms with Gasteiger partial charge in [-0.25, -0.2) is 4.79 Å². The van der Waals surface area contributed by atoms with Crippen LogP contribution in [0.4, 0.5) is 0 Å². The summed E-state index contributed by atoms with van der Waals surface area (Å²) in [7, 11) is 0. The maximum absolute atomic E-state index is 11.8. The molecule has 0 saturated carbocycles. The van der Waals surface area contributed by atoms with Crippen LogP contribution in [0.15, 0.2) is 109 Å². The third kappa shape index (κ3) is 6.73. The van der Waals surface area contributed by atoms with Crippen molar-refractivity contribution >= 4 is 11.9 Å². The van der Waals surface area contributed by atoms with Crippen molar-refractivity contribution in [1.82, 2.24) is 0 Å². The Morgan fingerprint density at radius 1 is 0.568 bits per heavy atom. The van der Waals surface area contributed by atoms with E-state index in [1.807, 2.05) is 72.8 Å². The minimum atomic E-state index is -0.440. The van der Waals surface area contributed by atoms with E-state index in [1.165, 1.54) is 0 Å². The van der Waals surface area contributed by atoms with Crippen molar-refractivity contribution in [2.45, 2.75) is 20.8 Å². The lowest BCUT2D eigenvalue weighted by Gasteiger charge is -2.10. The third-order valence-corrected chi connectivity index (χ3v) is 5.57. The number of carbonyl (C=O) groups is 2. The van der Waals surface area contributed by atoms with E-state index in [9.17, 15) is 9.59 Å². The Labute approximate surface area is 216 Å². The molecule has 0 spiro atoms. The summed E-state index contributed by atoms with van der Waals surface area (Å²) in [6.45, 7) is 8.81. The summed E-state index contributed by atoms with van der Waals surface area (Å²) in [5.41, 5.74) is 4.41. The van der Waals surface area contributed by atoms with Crippen molar-refractivity contribution < 1.29 is 23.8 Å². The van der Waals surface area contributed by atoms with Crippen molar-refractivity contribution in [2.75, 3.05) is 0 Å². The summed E-state index contributed by atoms with van der Waals surface area (Å²) < 4.78 is 16.6. The zero-order chi connectivity index (χ0) is 26.4. The van der Waals surface area contributed by atoms with Crippen LogP contribution in [0.2, 0.25) is 0 Å². The van der Waals surface area contributed by atoms with Crippen molar-refractivity contribution in [3.05, 3.63) is 109 Å². The molecule has 0 aromatic heterocycles. The first kappa shape index (κ1) is 25.5. The third-order valence-electron chi connectivity index (χ3n) is 5.57. The average molecular weight is 493 g/mol. The summed E-state index contributed by atoms with van der Waals surface area (Å²) in [6.07, 6.45) is 0. The fourth-order valence-corrected chi connectivity index (χ4v) is 3.43. The molecule has 0 bridgehead atoms. The molecule has 0 radical (unpaired) electrons. The molecule has 0 N–H and O–H groups in total. The Balaban J connectivity index is 1.36. The smallest absolute Gasteiger partial charge is 0.338 e. The monoisotopic (exact) mass is 492 g/mol. The number of esters is 2. The minimum absolute atomic E-state index is 0.171. The highest BCUT2D eigenvalue weighted by atomic mass is 16.5. The van der Waals surface area contributed by atoms with Gasteiger partial charge in [0.1, 0.15) is 23.0 Å². The van der Waals surface area contributed by atoms with Crippen LogP contribution >= 0.6 is 0 Å². The van der Waals surface area contributed by atoms with Gasteiger partial charge in [0.15, 0.2) is 0 Å². The molecule has 4 rings (SSSR count). The molecule has 0 unspecified atom stereocenters. The van der Waals surface area contributed by atoms with Crippen LogP contribution in [0.25, 0.3) is 22.3 Å². The van der Waals surface area contributed by atoms with Gasteiger partial charge in [-0.15, -0.1) is 0 Å². The molecular formula is C32H28O5. The Morgan fingerprint density at radius 2 is 0.892 bits per heavy atom. The van der Waals surface area contributed by atoms with Gasteiger partial charge in [-0.1, -0.05) is 69.0 Å². The van der Waals surface area contributed by atoms with Gasteiger partial charge in [-0.05, 0) is 77.7 Å². The lowest BCUT2D eigenvalue weighted by atomic mass is 10.1. The summed E-state index contributed by atoms with van der Waals surface area (Å²) in [5, 5.41) is 0. The zero-order valence-electron chi connectivity index (χ0n) is 21.1. The molecule has 0 aliphatic heterocycles. The SMILES string of the molecule is C=C(C)C(=O)Oc1ccc(-c2ccc(Oc3ccc(-c4ccc(OC(=O)C(C)C)cc4)cc3)cc2)cc1. The van der Waals surface area contributed by atoms with Crippen molar-refractivity contribution in [2.24, 2.45) is 5.92 Å². The van der Waals surface area contributed by atoms with E-state index in [4.69, 9.17) is 14.2 Å². The second-order valence-electron chi connectivity index (χ2n) is 8.95. The first-order valence-electron chi connectivity index (χ1n) is 12.0. The molecule has 0 fully saturated rings. The van der Waals surface area contributed by atoms with Crippen LogP contribution in [0.5, 0.6) is 23.0 Å². The van der Waals surface area contributed by atoms with Crippen LogP contribution in [0, 0.1) is 5.92 Å². The first-order valence-corrected chi connectivity index (χ1v) is 12.0. The molecule has 0 saturated heterocycles. The normalized spacial score (nSPS) is 10.6. The Morgan fingerprint density at radius 3 is 1.22 bits per heavy atom. The van der Waals surface area contributed by atoms with E-state index < -0.39 is 5.97 Å². The Hall–Kier alpha value is -4.64. The molecule has 5 heteroatoms. The molecular weight excluding hydrogens is 464 g/mol. The second-order valence-corrected chi connectivity index (χ2v) is 8.95. The van der Waals surface area contributed by atoms with Crippen LogP contribution in [-0.4, -0.2) is 11.9 Å². The Kier molecular flexibility index (Phi) is 7.84. The number of hydrogen-bond acceptors (Lipinski definition) is 5. The molecule has 0 heterocycles. The number of hydrogen-bond donors (Lipinski definition) is 0. The topological polar surface area (TPSA) is 61.8 Å². The van der Waals surface area contributed by atoms with E-state index in [0.29, 0.717) is 17.1 Å². The molecule has 0 aliphatic carbocycles. The van der Waals surface area contributed by atoms with E-state index in [2.05, 4.69) is 6.58 Å². The molecule has 5 nitrogen and oxygen atoms in total. The van der Waals surface area contributed by atoms with Crippen LogP contribution < -0.4 is 14.2 Å². The number of carbonyl (C=O) groups excluding carboxylic acids is 2. The fourth-order valence-electron chi connectivity index (χ4n) is 3.43. The standard InChI is InChI=1S/C32H28O5/c1-21(2)31(33)36-29-17-9-25(10-18-29)23-5-13-27(14-6-23)35-28-15-7-24(8-16-28)26-11-19-30(20-12-26)37-32(34)22(3)4/h5-20,22H,1H2,2-4H3. The van der Waals surface area contributed by atoms with E-state index in [-0.39, 0.29) is 11.9 Å².